The molecule has 0 saturated carbocycles. The monoisotopic (exact) mass is 337 g/mol. The Morgan fingerprint density at radius 2 is 2.00 bits per heavy atom. The zero-order valence-electron chi connectivity index (χ0n) is 13.7. The fraction of sp³-hybridized carbons (Fsp3) is 0.211. The van der Waals surface area contributed by atoms with Crippen LogP contribution in [0.3, 0.4) is 0 Å². The highest BCUT2D eigenvalue weighted by atomic mass is 16.7. The second kappa shape index (κ2) is 6.86. The van der Waals surface area contributed by atoms with Gasteiger partial charge in [-0.2, -0.15) is 0 Å². The first-order chi connectivity index (χ1) is 12.3. The number of H-pyrrole nitrogens is 1. The first-order valence-corrected chi connectivity index (χ1v) is 8.25. The van der Waals surface area contributed by atoms with Crippen molar-refractivity contribution in [1.29, 1.82) is 0 Å². The predicted molar refractivity (Wildman–Crippen MR) is 96.1 cm³/mol. The third-order valence-corrected chi connectivity index (χ3v) is 4.19. The number of anilines is 1. The molecule has 25 heavy (non-hydrogen) atoms. The molecule has 3 aromatic rings. The largest absolute Gasteiger partial charge is 0.454 e. The quantitative estimate of drug-likeness (QED) is 0.605. The number of hydrogen-bond acceptors (Lipinski definition) is 4. The van der Waals surface area contributed by atoms with Crippen LogP contribution in [0.5, 0.6) is 11.5 Å². The van der Waals surface area contributed by atoms with Gasteiger partial charge in [-0.15, -0.1) is 0 Å². The second-order valence-electron chi connectivity index (χ2n) is 5.90. The summed E-state index contributed by atoms with van der Waals surface area (Å²) in [4.78, 5) is 15.3. The molecule has 3 N–H and O–H groups in total. The lowest BCUT2D eigenvalue weighted by molar-refractivity contribution is -0.115. The molecule has 6 nitrogen and oxygen atoms in total. The molecule has 0 atom stereocenters. The van der Waals surface area contributed by atoms with Crippen LogP contribution in [-0.4, -0.2) is 30.8 Å². The predicted octanol–water partition coefficient (Wildman–Crippen LogP) is 2.67. The summed E-state index contributed by atoms with van der Waals surface area (Å²) in [5.41, 5.74) is 3.09. The van der Waals surface area contributed by atoms with Crippen LogP contribution < -0.4 is 20.1 Å². The van der Waals surface area contributed by atoms with E-state index in [1.165, 1.54) is 10.9 Å². The summed E-state index contributed by atoms with van der Waals surface area (Å²) in [5.74, 6) is 1.28. The molecule has 1 amide bonds. The smallest absolute Gasteiger partial charge is 0.238 e. The number of para-hydroxylation sites is 1. The molecule has 0 bridgehead atoms. The Bertz CT molecular complexity index is 904. The molecule has 1 aliphatic heterocycles. The second-order valence-corrected chi connectivity index (χ2v) is 5.90. The molecule has 1 aliphatic rings. The van der Waals surface area contributed by atoms with Crippen molar-refractivity contribution in [3.05, 3.63) is 54.2 Å². The van der Waals surface area contributed by atoms with Crippen molar-refractivity contribution in [2.24, 2.45) is 0 Å². The molecule has 0 aliphatic carbocycles. The van der Waals surface area contributed by atoms with E-state index < -0.39 is 0 Å². The van der Waals surface area contributed by atoms with Gasteiger partial charge in [0.2, 0.25) is 12.7 Å². The van der Waals surface area contributed by atoms with Gasteiger partial charge in [-0.3, -0.25) is 4.79 Å². The van der Waals surface area contributed by atoms with E-state index in [0.717, 1.165) is 18.5 Å². The van der Waals surface area contributed by atoms with Crippen molar-refractivity contribution in [2.75, 3.05) is 25.2 Å². The van der Waals surface area contributed by atoms with Gasteiger partial charge in [0.25, 0.3) is 0 Å². The highest BCUT2D eigenvalue weighted by Crippen LogP contribution is 2.34. The Morgan fingerprint density at radius 3 is 2.96 bits per heavy atom. The number of nitrogens with one attached hydrogen (secondary N) is 3. The Balaban J connectivity index is 1.25. The molecular weight excluding hydrogens is 318 g/mol. The lowest BCUT2D eigenvalue weighted by atomic mass is 10.1. The van der Waals surface area contributed by atoms with Crippen molar-refractivity contribution in [1.82, 2.24) is 10.3 Å². The molecule has 128 valence electrons. The zero-order chi connectivity index (χ0) is 17.1. The van der Waals surface area contributed by atoms with E-state index in [1.54, 1.807) is 18.2 Å². The van der Waals surface area contributed by atoms with Crippen LogP contribution >= 0.6 is 0 Å². The van der Waals surface area contributed by atoms with Gasteiger partial charge in [-0.05, 0) is 36.7 Å². The van der Waals surface area contributed by atoms with Crippen molar-refractivity contribution in [3.8, 4) is 11.5 Å². The van der Waals surface area contributed by atoms with E-state index in [4.69, 9.17) is 9.47 Å². The molecule has 0 spiro atoms. The summed E-state index contributed by atoms with van der Waals surface area (Å²) < 4.78 is 10.6. The van der Waals surface area contributed by atoms with Crippen LogP contribution in [0, 0.1) is 0 Å². The summed E-state index contributed by atoms with van der Waals surface area (Å²) in [6.45, 7) is 1.22. The molecular formula is C19H19N3O3. The van der Waals surface area contributed by atoms with Gasteiger partial charge in [0.15, 0.2) is 11.5 Å². The van der Waals surface area contributed by atoms with Crippen LogP contribution in [0.1, 0.15) is 5.56 Å². The van der Waals surface area contributed by atoms with E-state index in [2.05, 4.69) is 27.8 Å². The van der Waals surface area contributed by atoms with Gasteiger partial charge in [-0.25, -0.2) is 0 Å². The van der Waals surface area contributed by atoms with Gasteiger partial charge >= 0.3 is 0 Å². The summed E-state index contributed by atoms with van der Waals surface area (Å²) in [7, 11) is 0. The fourth-order valence-electron chi connectivity index (χ4n) is 2.94. The maximum absolute atomic E-state index is 12.0. The van der Waals surface area contributed by atoms with Gasteiger partial charge < -0.3 is 25.1 Å². The van der Waals surface area contributed by atoms with Gasteiger partial charge in [0.1, 0.15) is 0 Å². The Morgan fingerprint density at radius 1 is 1.12 bits per heavy atom. The van der Waals surface area contributed by atoms with Crippen molar-refractivity contribution < 1.29 is 14.3 Å². The topological polar surface area (TPSA) is 75.4 Å². The standard InChI is InChI=1S/C19H19N3O3/c23-19(22-14-5-6-17-18(9-14)25-12-24-17)11-20-8-7-13-10-21-16-4-2-1-3-15(13)16/h1-6,9-10,20-21H,7-8,11-12H2,(H,22,23). The highest BCUT2D eigenvalue weighted by molar-refractivity contribution is 5.92. The molecule has 0 radical (unpaired) electrons. The van der Waals surface area contributed by atoms with Crippen molar-refractivity contribution in [2.45, 2.75) is 6.42 Å². The summed E-state index contributed by atoms with van der Waals surface area (Å²) in [6.07, 6.45) is 2.89. The number of aromatic amines is 1. The number of aromatic nitrogens is 1. The van der Waals surface area contributed by atoms with Crippen molar-refractivity contribution in [3.63, 3.8) is 0 Å². The number of carbonyl (C=O) groups excluding carboxylic acids is 1. The van der Waals surface area contributed by atoms with E-state index in [9.17, 15) is 4.79 Å². The van der Waals surface area contributed by atoms with E-state index in [1.807, 2.05) is 18.3 Å². The van der Waals surface area contributed by atoms with Crippen LogP contribution in [0.25, 0.3) is 10.9 Å². The maximum Gasteiger partial charge on any atom is 0.238 e. The normalized spacial score (nSPS) is 12.5. The average Bonchev–Trinajstić information content (AvgIpc) is 3.25. The third kappa shape index (κ3) is 3.44. The van der Waals surface area contributed by atoms with Crippen LogP contribution in [-0.2, 0) is 11.2 Å². The van der Waals surface area contributed by atoms with E-state index >= 15 is 0 Å². The number of carbonyl (C=O) groups is 1. The number of fused-ring (bicyclic) bond motifs is 2. The number of benzene rings is 2. The zero-order valence-corrected chi connectivity index (χ0v) is 13.7. The summed E-state index contributed by atoms with van der Waals surface area (Å²) in [5, 5.41) is 7.26. The average molecular weight is 337 g/mol. The SMILES string of the molecule is O=C(CNCCc1c[nH]c2ccccc12)Nc1ccc2c(c1)OCO2. The molecule has 0 fully saturated rings. The lowest BCUT2D eigenvalue weighted by Gasteiger charge is -2.07. The minimum atomic E-state index is -0.0854. The summed E-state index contributed by atoms with van der Waals surface area (Å²) in [6, 6.07) is 13.6. The Labute approximate surface area is 145 Å². The van der Waals surface area contributed by atoms with Gasteiger partial charge in [0.05, 0.1) is 6.54 Å². The van der Waals surface area contributed by atoms with Gasteiger partial charge in [-0.1, -0.05) is 18.2 Å². The molecule has 6 heteroatoms. The molecule has 0 unspecified atom stereocenters. The van der Waals surface area contributed by atoms with Crippen LogP contribution in [0.15, 0.2) is 48.7 Å². The Hall–Kier alpha value is -2.99. The number of ether oxygens (including phenoxy) is 2. The molecule has 2 aromatic carbocycles. The third-order valence-electron chi connectivity index (χ3n) is 4.19. The first-order valence-electron chi connectivity index (χ1n) is 8.25. The summed E-state index contributed by atoms with van der Waals surface area (Å²) >= 11 is 0. The Kier molecular flexibility index (Phi) is 4.26. The number of rotatable bonds is 6. The lowest BCUT2D eigenvalue weighted by Crippen LogP contribution is -2.29. The van der Waals surface area contributed by atoms with E-state index in [0.29, 0.717) is 17.2 Å². The van der Waals surface area contributed by atoms with Crippen molar-refractivity contribution >= 4 is 22.5 Å². The van der Waals surface area contributed by atoms with Crippen LogP contribution in [0.2, 0.25) is 0 Å². The van der Waals surface area contributed by atoms with Gasteiger partial charge in [0, 0.05) is 28.9 Å². The molecule has 1 aromatic heterocycles. The first kappa shape index (κ1) is 15.5. The minimum Gasteiger partial charge on any atom is -0.454 e. The van der Waals surface area contributed by atoms with Crippen LogP contribution in [0.4, 0.5) is 5.69 Å². The number of amides is 1. The number of hydrogen-bond donors (Lipinski definition) is 3. The highest BCUT2D eigenvalue weighted by Gasteiger charge is 2.14. The molecule has 4 rings (SSSR count). The maximum atomic E-state index is 12.0. The molecule has 0 saturated heterocycles. The minimum absolute atomic E-state index is 0.0854. The van der Waals surface area contributed by atoms with E-state index in [-0.39, 0.29) is 19.2 Å². The fourth-order valence-corrected chi connectivity index (χ4v) is 2.94. The molecule has 2 heterocycles.